The van der Waals surface area contributed by atoms with E-state index in [1.807, 2.05) is 16.8 Å². The molecule has 0 radical (unpaired) electrons. The fraction of sp³-hybridized carbons (Fsp3) is 0.111. The Bertz CT molecular complexity index is 433. The molecule has 0 spiro atoms. The molecular formula is C9H8N2O2S. The topological polar surface area (TPSA) is 55.0 Å². The average Bonchev–Trinajstić information content (AvgIpc) is 2.85. The van der Waals surface area contributed by atoms with Gasteiger partial charge in [-0.15, -0.1) is 0 Å². The van der Waals surface area contributed by atoms with Gasteiger partial charge in [0.05, 0.1) is 13.3 Å². The minimum atomic E-state index is -0.399. The molecule has 2 aromatic rings. The molecule has 0 aromatic carbocycles. The maximum Gasteiger partial charge on any atom is 0.356 e. The zero-order valence-electron chi connectivity index (χ0n) is 7.48. The molecule has 2 aromatic heterocycles. The predicted molar refractivity (Wildman–Crippen MR) is 53.2 cm³/mol. The van der Waals surface area contributed by atoms with Crippen LogP contribution in [0.15, 0.2) is 23.0 Å². The highest BCUT2D eigenvalue weighted by molar-refractivity contribution is 7.08. The molecule has 0 aliphatic carbocycles. The fourth-order valence-corrected chi connectivity index (χ4v) is 1.84. The molecule has 2 heterocycles. The molecule has 1 N–H and O–H groups in total. The van der Waals surface area contributed by atoms with Crippen LogP contribution in [0.4, 0.5) is 0 Å². The van der Waals surface area contributed by atoms with Gasteiger partial charge >= 0.3 is 5.97 Å². The lowest BCUT2D eigenvalue weighted by molar-refractivity contribution is 0.0595. The Morgan fingerprint density at radius 3 is 3.14 bits per heavy atom. The van der Waals surface area contributed by atoms with Crippen LogP contribution >= 0.6 is 11.3 Å². The molecule has 14 heavy (non-hydrogen) atoms. The number of methoxy groups -OCH3 is 1. The highest BCUT2D eigenvalue weighted by Gasteiger charge is 2.15. The van der Waals surface area contributed by atoms with Gasteiger partial charge in [0, 0.05) is 5.56 Å². The second kappa shape index (κ2) is 3.63. The molecule has 0 aliphatic heterocycles. The molecule has 0 fully saturated rings. The van der Waals surface area contributed by atoms with Crippen molar-refractivity contribution in [1.29, 1.82) is 0 Å². The Balaban J connectivity index is 2.45. The van der Waals surface area contributed by atoms with Crippen molar-refractivity contribution >= 4 is 17.3 Å². The van der Waals surface area contributed by atoms with Crippen molar-refractivity contribution in [3.05, 3.63) is 28.7 Å². The van der Waals surface area contributed by atoms with Gasteiger partial charge in [0.1, 0.15) is 0 Å². The molecule has 4 nitrogen and oxygen atoms in total. The first-order valence-corrected chi connectivity index (χ1v) is 4.91. The van der Waals surface area contributed by atoms with Crippen LogP contribution in [0.3, 0.4) is 0 Å². The number of esters is 1. The van der Waals surface area contributed by atoms with Crippen molar-refractivity contribution in [1.82, 2.24) is 10.2 Å². The summed E-state index contributed by atoms with van der Waals surface area (Å²) in [6.45, 7) is 0. The van der Waals surface area contributed by atoms with E-state index in [0.29, 0.717) is 5.69 Å². The summed E-state index contributed by atoms with van der Waals surface area (Å²) < 4.78 is 4.63. The summed E-state index contributed by atoms with van der Waals surface area (Å²) in [5.74, 6) is -0.399. The highest BCUT2D eigenvalue weighted by Crippen LogP contribution is 2.24. The minimum absolute atomic E-state index is 0.394. The Morgan fingerprint density at radius 1 is 1.64 bits per heavy atom. The van der Waals surface area contributed by atoms with Crippen LogP contribution in [0.5, 0.6) is 0 Å². The molecule has 2 rings (SSSR count). The quantitative estimate of drug-likeness (QED) is 0.767. The maximum atomic E-state index is 11.3. The van der Waals surface area contributed by atoms with E-state index in [4.69, 9.17) is 0 Å². The van der Waals surface area contributed by atoms with E-state index in [0.717, 1.165) is 11.1 Å². The minimum Gasteiger partial charge on any atom is -0.464 e. The van der Waals surface area contributed by atoms with Crippen LogP contribution < -0.4 is 0 Å². The first-order chi connectivity index (χ1) is 6.83. The number of H-pyrrole nitrogens is 1. The Kier molecular flexibility index (Phi) is 2.32. The smallest absolute Gasteiger partial charge is 0.356 e. The Morgan fingerprint density at radius 2 is 2.50 bits per heavy atom. The van der Waals surface area contributed by atoms with Crippen LogP contribution in [-0.4, -0.2) is 23.3 Å². The van der Waals surface area contributed by atoms with Crippen LogP contribution in [0, 0.1) is 0 Å². The van der Waals surface area contributed by atoms with Crippen LogP contribution in [0.2, 0.25) is 0 Å². The van der Waals surface area contributed by atoms with Gasteiger partial charge in [0.15, 0.2) is 5.69 Å². The summed E-state index contributed by atoms with van der Waals surface area (Å²) in [4.78, 5) is 11.3. The number of rotatable bonds is 2. The number of aromatic amines is 1. The van der Waals surface area contributed by atoms with Crippen molar-refractivity contribution in [3.8, 4) is 11.1 Å². The molecule has 72 valence electrons. The van der Waals surface area contributed by atoms with Crippen LogP contribution in [0.25, 0.3) is 11.1 Å². The summed E-state index contributed by atoms with van der Waals surface area (Å²) in [6, 6.07) is 1.93. The largest absolute Gasteiger partial charge is 0.464 e. The lowest BCUT2D eigenvalue weighted by atomic mass is 10.1. The summed E-state index contributed by atoms with van der Waals surface area (Å²) in [7, 11) is 1.35. The maximum absolute atomic E-state index is 11.3. The molecule has 0 saturated heterocycles. The van der Waals surface area contributed by atoms with Crippen LogP contribution in [-0.2, 0) is 4.74 Å². The van der Waals surface area contributed by atoms with Gasteiger partial charge in [-0.2, -0.15) is 16.4 Å². The van der Waals surface area contributed by atoms with E-state index in [2.05, 4.69) is 14.9 Å². The van der Waals surface area contributed by atoms with Crippen molar-refractivity contribution in [2.75, 3.05) is 7.11 Å². The average molecular weight is 208 g/mol. The van der Waals surface area contributed by atoms with Crippen molar-refractivity contribution in [3.63, 3.8) is 0 Å². The summed E-state index contributed by atoms with van der Waals surface area (Å²) in [5, 5.41) is 10.4. The number of aromatic nitrogens is 2. The lowest BCUT2D eigenvalue weighted by Gasteiger charge is -1.97. The van der Waals surface area contributed by atoms with Gasteiger partial charge in [0.25, 0.3) is 0 Å². The van der Waals surface area contributed by atoms with E-state index in [1.54, 1.807) is 17.5 Å². The number of carbonyl (C=O) groups excluding carboxylic acids is 1. The summed E-state index contributed by atoms with van der Waals surface area (Å²) in [5.41, 5.74) is 2.15. The van der Waals surface area contributed by atoms with E-state index < -0.39 is 5.97 Å². The monoisotopic (exact) mass is 208 g/mol. The molecule has 0 amide bonds. The zero-order valence-corrected chi connectivity index (χ0v) is 8.30. The molecule has 0 bridgehead atoms. The van der Waals surface area contributed by atoms with Gasteiger partial charge in [-0.25, -0.2) is 4.79 Å². The third kappa shape index (κ3) is 1.42. The number of nitrogens with one attached hydrogen (secondary N) is 1. The van der Waals surface area contributed by atoms with Crippen molar-refractivity contribution < 1.29 is 9.53 Å². The van der Waals surface area contributed by atoms with Crippen LogP contribution in [0.1, 0.15) is 10.5 Å². The van der Waals surface area contributed by atoms with Gasteiger partial charge in [-0.1, -0.05) is 0 Å². The van der Waals surface area contributed by atoms with Gasteiger partial charge < -0.3 is 4.74 Å². The second-order valence-corrected chi connectivity index (χ2v) is 3.44. The standard InChI is InChI=1S/C9H8N2O2S/c1-13-9(12)8-7(4-10-11-8)6-2-3-14-5-6/h2-5H,1H3,(H,10,11). The Labute approximate surface area is 84.5 Å². The fourth-order valence-electron chi connectivity index (χ4n) is 1.18. The molecule has 5 heteroatoms. The molecule has 0 atom stereocenters. The zero-order chi connectivity index (χ0) is 9.97. The SMILES string of the molecule is COC(=O)c1[nH]ncc1-c1ccsc1. The van der Waals surface area contributed by atoms with Gasteiger partial charge in [-0.05, 0) is 22.4 Å². The third-order valence-electron chi connectivity index (χ3n) is 1.86. The van der Waals surface area contributed by atoms with Crippen molar-refractivity contribution in [2.45, 2.75) is 0 Å². The third-order valence-corrected chi connectivity index (χ3v) is 2.54. The van der Waals surface area contributed by atoms with Gasteiger partial charge in [0.2, 0.25) is 0 Å². The first kappa shape index (κ1) is 8.96. The predicted octanol–water partition coefficient (Wildman–Crippen LogP) is 1.92. The lowest BCUT2D eigenvalue weighted by Crippen LogP contribution is -2.03. The van der Waals surface area contributed by atoms with E-state index >= 15 is 0 Å². The number of carbonyl (C=O) groups is 1. The van der Waals surface area contributed by atoms with Gasteiger partial charge in [-0.3, -0.25) is 5.10 Å². The second-order valence-electron chi connectivity index (χ2n) is 2.66. The number of hydrogen-bond donors (Lipinski definition) is 1. The number of nitrogens with zero attached hydrogens (tertiary/aromatic N) is 1. The number of hydrogen-bond acceptors (Lipinski definition) is 4. The van der Waals surface area contributed by atoms with E-state index in [9.17, 15) is 4.79 Å². The molecule has 0 aliphatic rings. The highest BCUT2D eigenvalue weighted by atomic mass is 32.1. The molecule has 0 unspecified atom stereocenters. The van der Waals surface area contributed by atoms with E-state index in [-0.39, 0.29) is 0 Å². The van der Waals surface area contributed by atoms with E-state index in [1.165, 1.54) is 7.11 Å². The van der Waals surface area contributed by atoms with Crippen molar-refractivity contribution in [2.24, 2.45) is 0 Å². The summed E-state index contributed by atoms with van der Waals surface area (Å²) in [6.07, 6.45) is 1.62. The normalized spacial score (nSPS) is 10.1. The number of thiophene rings is 1. The summed E-state index contributed by atoms with van der Waals surface area (Å²) >= 11 is 1.57. The Hall–Kier alpha value is -1.62. The molecule has 0 saturated carbocycles. The number of ether oxygens (including phenoxy) is 1. The molecular weight excluding hydrogens is 200 g/mol. The first-order valence-electron chi connectivity index (χ1n) is 3.97.